The predicted octanol–water partition coefficient (Wildman–Crippen LogP) is 3.01. The molecule has 4 nitrogen and oxygen atoms in total. The van der Waals surface area contributed by atoms with Gasteiger partial charge in [-0.2, -0.15) is 0 Å². The zero-order valence-corrected chi connectivity index (χ0v) is 13.4. The third kappa shape index (κ3) is 4.81. The van der Waals surface area contributed by atoms with Crippen molar-refractivity contribution in [3.05, 3.63) is 50.9 Å². The maximum Gasteiger partial charge on any atom is 0.262 e. The van der Waals surface area contributed by atoms with Gasteiger partial charge in [-0.05, 0) is 42.5 Å². The van der Waals surface area contributed by atoms with E-state index in [1.165, 1.54) is 11.3 Å². The van der Waals surface area contributed by atoms with Gasteiger partial charge in [0.1, 0.15) is 4.88 Å². The number of nitrogens with one attached hydrogen (secondary N) is 2. The Morgan fingerprint density at radius 3 is 2.95 bits per heavy atom. The lowest BCUT2D eigenvalue weighted by Crippen LogP contribution is -2.26. The lowest BCUT2D eigenvalue weighted by Gasteiger charge is -2.06. The molecule has 2 rings (SSSR count). The molecule has 0 saturated carbocycles. The van der Waals surface area contributed by atoms with Gasteiger partial charge in [0.2, 0.25) is 0 Å². The average molecular weight is 324 g/mol. The van der Waals surface area contributed by atoms with Crippen molar-refractivity contribution in [3.8, 4) is 0 Å². The van der Waals surface area contributed by atoms with Crippen LogP contribution in [0.1, 0.15) is 27.2 Å². The van der Waals surface area contributed by atoms with Crippen LogP contribution in [0.25, 0.3) is 0 Å². The molecule has 0 fully saturated rings. The summed E-state index contributed by atoms with van der Waals surface area (Å²) in [5.74, 6) is -0.0923. The Morgan fingerprint density at radius 1 is 1.43 bits per heavy atom. The number of aryl methyl sites for hydroxylation is 1. The number of rotatable bonds is 7. The van der Waals surface area contributed by atoms with Crippen LogP contribution in [-0.2, 0) is 6.54 Å². The van der Waals surface area contributed by atoms with Crippen LogP contribution in [0.4, 0.5) is 0 Å². The zero-order chi connectivity index (χ0) is 15.1. The standard InChI is InChI=1S/C15H18ClN3OS/c1-11-10-21-14(13(11)16)15(20)19-7-3-6-18-9-12-4-2-5-17-8-12/h2,4-5,8,10,18H,3,6-7,9H2,1H3,(H,19,20). The molecule has 0 aromatic carbocycles. The maximum atomic E-state index is 11.9. The van der Waals surface area contributed by atoms with Crippen molar-refractivity contribution >= 4 is 28.8 Å². The number of hydrogen-bond donors (Lipinski definition) is 2. The number of aromatic nitrogens is 1. The van der Waals surface area contributed by atoms with E-state index in [2.05, 4.69) is 15.6 Å². The van der Waals surface area contributed by atoms with Gasteiger partial charge in [0.05, 0.1) is 5.02 Å². The van der Waals surface area contributed by atoms with Gasteiger partial charge in [0, 0.05) is 25.5 Å². The molecule has 2 aromatic rings. The van der Waals surface area contributed by atoms with Crippen molar-refractivity contribution < 1.29 is 4.79 Å². The third-order valence-electron chi connectivity index (χ3n) is 2.97. The average Bonchev–Trinajstić information content (AvgIpc) is 2.83. The number of amides is 1. The van der Waals surface area contributed by atoms with E-state index in [1.54, 1.807) is 6.20 Å². The minimum absolute atomic E-state index is 0.0923. The quantitative estimate of drug-likeness (QED) is 0.770. The second-order valence-electron chi connectivity index (χ2n) is 4.71. The largest absolute Gasteiger partial charge is 0.351 e. The smallest absolute Gasteiger partial charge is 0.262 e. The van der Waals surface area contributed by atoms with E-state index in [-0.39, 0.29) is 5.91 Å². The van der Waals surface area contributed by atoms with Gasteiger partial charge in [-0.25, -0.2) is 0 Å². The number of hydrogen-bond acceptors (Lipinski definition) is 4. The van der Waals surface area contributed by atoms with Crippen LogP contribution in [0.5, 0.6) is 0 Å². The number of carbonyl (C=O) groups is 1. The van der Waals surface area contributed by atoms with Gasteiger partial charge in [0.25, 0.3) is 5.91 Å². The summed E-state index contributed by atoms with van der Waals surface area (Å²) in [6.07, 6.45) is 4.47. The van der Waals surface area contributed by atoms with Crippen molar-refractivity contribution in [3.63, 3.8) is 0 Å². The lowest BCUT2D eigenvalue weighted by atomic mass is 10.3. The van der Waals surface area contributed by atoms with Crippen LogP contribution >= 0.6 is 22.9 Å². The van der Waals surface area contributed by atoms with E-state index in [4.69, 9.17) is 11.6 Å². The van der Waals surface area contributed by atoms with Crippen LogP contribution in [0.15, 0.2) is 29.9 Å². The van der Waals surface area contributed by atoms with E-state index < -0.39 is 0 Å². The molecule has 2 heterocycles. The Bertz CT molecular complexity index is 586. The molecule has 0 spiro atoms. The van der Waals surface area contributed by atoms with E-state index in [0.29, 0.717) is 16.4 Å². The summed E-state index contributed by atoms with van der Waals surface area (Å²) < 4.78 is 0. The first-order chi connectivity index (χ1) is 10.2. The van der Waals surface area contributed by atoms with Gasteiger partial charge in [0.15, 0.2) is 0 Å². The van der Waals surface area contributed by atoms with Crippen LogP contribution in [-0.4, -0.2) is 24.0 Å². The number of halogens is 1. The molecule has 0 atom stereocenters. The van der Waals surface area contributed by atoms with Crippen LogP contribution in [0, 0.1) is 6.92 Å². The summed E-state index contributed by atoms with van der Waals surface area (Å²) in [6, 6.07) is 3.95. The Morgan fingerprint density at radius 2 is 2.29 bits per heavy atom. The molecule has 1 amide bonds. The van der Waals surface area contributed by atoms with Crippen molar-refractivity contribution in [2.45, 2.75) is 19.9 Å². The van der Waals surface area contributed by atoms with Crippen molar-refractivity contribution in [1.29, 1.82) is 0 Å². The van der Waals surface area contributed by atoms with Gasteiger partial charge < -0.3 is 10.6 Å². The first-order valence-corrected chi connectivity index (χ1v) is 8.05. The molecule has 0 aliphatic carbocycles. The number of nitrogens with zero attached hydrogens (tertiary/aromatic N) is 1. The molecule has 0 aliphatic heterocycles. The number of pyridine rings is 1. The summed E-state index contributed by atoms with van der Waals surface area (Å²) in [6.45, 7) is 4.16. The Hall–Kier alpha value is -1.43. The molecular formula is C15H18ClN3OS. The monoisotopic (exact) mass is 323 g/mol. The molecule has 0 unspecified atom stereocenters. The molecule has 21 heavy (non-hydrogen) atoms. The second-order valence-corrected chi connectivity index (χ2v) is 5.97. The van der Waals surface area contributed by atoms with Crippen molar-refractivity contribution in [1.82, 2.24) is 15.6 Å². The highest BCUT2D eigenvalue weighted by Gasteiger charge is 2.13. The fraction of sp³-hybridized carbons (Fsp3) is 0.333. The normalized spacial score (nSPS) is 10.6. The fourth-order valence-corrected chi connectivity index (χ4v) is 3.01. The highest BCUT2D eigenvalue weighted by Crippen LogP contribution is 2.26. The molecule has 0 aliphatic rings. The fourth-order valence-electron chi connectivity index (χ4n) is 1.81. The summed E-state index contributed by atoms with van der Waals surface area (Å²) in [5.41, 5.74) is 2.10. The summed E-state index contributed by atoms with van der Waals surface area (Å²) >= 11 is 7.45. The molecule has 112 valence electrons. The zero-order valence-electron chi connectivity index (χ0n) is 11.9. The molecule has 2 N–H and O–H groups in total. The van der Waals surface area contributed by atoms with Crippen molar-refractivity contribution in [2.24, 2.45) is 0 Å². The lowest BCUT2D eigenvalue weighted by molar-refractivity contribution is 0.0957. The van der Waals surface area contributed by atoms with Gasteiger partial charge in [-0.15, -0.1) is 11.3 Å². The Kier molecular flexibility index (Phi) is 6.17. The summed E-state index contributed by atoms with van der Waals surface area (Å²) in [7, 11) is 0. The van der Waals surface area contributed by atoms with Crippen LogP contribution in [0.3, 0.4) is 0 Å². The van der Waals surface area contributed by atoms with Gasteiger partial charge in [-0.3, -0.25) is 9.78 Å². The molecule has 0 bridgehead atoms. The van der Waals surface area contributed by atoms with Crippen LogP contribution < -0.4 is 10.6 Å². The topological polar surface area (TPSA) is 54.0 Å². The second kappa shape index (κ2) is 8.12. The maximum absolute atomic E-state index is 11.9. The SMILES string of the molecule is Cc1csc(C(=O)NCCCNCc2cccnc2)c1Cl. The number of thiophene rings is 1. The summed E-state index contributed by atoms with van der Waals surface area (Å²) in [4.78, 5) is 16.6. The first kappa shape index (κ1) is 15.9. The molecule has 0 radical (unpaired) electrons. The predicted molar refractivity (Wildman–Crippen MR) is 87.0 cm³/mol. The van der Waals surface area contributed by atoms with E-state index >= 15 is 0 Å². The Labute approximate surface area is 133 Å². The van der Waals surface area contributed by atoms with Crippen molar-refractivity contribution in [2.75, 3.05) is 13.1 Å². The minimum Gasteiger partial charge on any atom is -0.351 e. The highest BCUT2D eigenvalue weighted by molar-refractivity contribution is 7.13. The van der Waals surface area contributed by atoms with Gasteiger partial charge in [-0.1, -0.05) is 17.7 Å². The number of carbonyl (C=O) groups excluding carboxylic acids is 1. The summed E-state index contributed by atoms with van der Waals surface area (Å²) in [5, 5.41) is 8.66. The molecule has 2 aromatic heterocycles. The first-order valence-electron chi connectivity index (χ1n) is 6.80. The van der Waals surface area contributed by atoms with E-state index in [9.17, 15) is 4.79 Å². The molecular weight excluding hydrogens is 306 g/mol. The van der Waals surface area contributed by atoms with Crippen LogP contribution in [0.2, 0.25) is 5.02 Å². The van der Waals surface area contributed by atoms with Gasteiger partial charge >= 0.3 is 0 Å². The third-order valence-corrected chi connectivity index (χ3v) is 4.67. The van der Waals surface area contributed by atoms with E-state index in [0.717, 1.165) is 30.6 Å². The highest BCUT2D eigenvalue weighted by atomic mass is 35.5. The minimum atomic E-state index is -0.0923. The van der Waals surface area contributed by atoms with E-state index in [1.807, 2.05) is 30.6 Å². The Balaban J connectivity index is 1.62. The molecule has 0 saturated heterocycles. The molecule has 6 heteroatoms.